The molecule has 3 aromatic heterocycles. The Morgan fingerprint density at radius 1 is 0.463 bits per heavy atom. The van der Waals surface area contributed by atoms with Gasteiger partial charge < -0.3 is 8.98 Å². The minimum atomic E-state index is -0.132. The molecule has 12 rings (SSSR count). The van der Waals surface area contributed by atoms with E-state index in [4.69, 9.17) is 4.42 Å². The molecule has 2 nitrogen and oxygen atoms in total. The van der Waals surface area contributed by atoms with E-state index in [2.05, 4.69) is 170 Å². The molecule has 54 heavy (non-hydrogen) atoms. The maximum Gasteiger partial charge on any atom is 0.135 e. The van der Waals surface area contributed by atoms with Crippen LogP contribution in [0.4, 0.5) is 0 Å². The first-order valence-electron chi connectivity index (χ1n) is 18.7. The van der Waals surface area contributed by atoms with E-state index in [0.29, 0.717) is 0 Å². The van der Waals surface area contributed by atoms with E-state index in [9.17, 15) is 0 Å². The molecule has 0 N–H and O–H groups in total. The van der Waals surface area contributed by atoms with Gasteiger partial charge in [-0.1, -0.05) is 117 Å². The van der Waals surface area contributed by atoms with Crippen LogP contribution in [0.5, 0.6) is 0 Å². The van der Waals surface area contributed by atoms with E-state index < -0.39 is 0 Å². The van der Waals surface area contributed by atoms with Gasteiger partial charge in [-0.25, -0.2) is 0 Å². The lowest BCUT2D eigenvalue weighted by Gasteiger charge is -2.22. The number of fused-ring (bicyclic) bond motifs is 13. The highest BCUT2D eigenvalue weighted by Gasteiger charge is 2.37. The minimum absolute atomic E-state index is 0.132. The van der Waals surface area contributed by atoms with E-state index in [1.54, 1.807) is 0 Å². The lowest BCUT2D eigenvalue weighted by Crippen LogP contribution is -2.15. The van der Waals surface area contributed by atoms with Crippen LogP contribution in [0.25, 0.3) is 103 Å². The molecular formula is C51H33NOS. The Morgan fingerprint density at radius 3 is 1.91 bits per heavy atom. The smallest absolute Gasteiger partial charge is 0.135 e. The number of furan rings is 1. The van der Waals surface area contributed by atoms with Crippen LogP contribution in [0, 0.1) is 0 Å². The summed E-state index contributed by atoms with van der Waals surface area (Å²) in [6, 6.07) is 60.3. The fourth-order valence-corrected chi connectivity index (χ4v) is 10.6. The molecule has 0 fully saturated rings. The molecule has 0 aliphatic heterocycles. The number of hydrogen-bond donors (Lipinski definition) is 0. The lowest BCUT2D eigenvalue weighted by atomic mass is 9.82. The highest BCUT2D eigenvalue weighted by molar-refractivity contribution is 7.26. The summed E-state index contributed by atoms with van der Waals surface area (Å²) in [7, 11) is 0. The highest BCUT2D eigenvalue weighted by Crippen LogP contribution is 2.54. The van der Waals surface area contributed by atoms with E-state index >= 15 is 0 Å². The molecule has 1 aliphatic carbocycles. The van der Waals surface area contributed by atoms with Gasteiger partial charge in [0, 0.05) is 58.4 Å². The van der Waals surface area contributed by atoms with Crippen molar-refractivity contribution in [3.05, 3.63) is 175 Å². The quantitative estimate of drug-likeness (QED) is 0.179. The number of nitrogens with zero attached hydrogens (tertiary/aromatic N) is 1. The average molecular weight is 708 g/mol. The molecule has 0 bridgehead atoms. The summed E-state index contributed by atoms with van der Waals surface area (Å²) in [5.74, 6) is 0. The van der Waals surface area contributed by atoms with Gasteiger partial charge >= 0.3 is 0 Å². The Morgan fingerprint density at radius 2 is 1.11 bits per heavy atom. The van der Waals surface area contributed by atoms with Gasteiger partial charge in [-0.3, -0.25) is 0 Å². The Kier molecular flexibility index (Phi) is 6.03. The minimum Gasteiger partial charge on any atom is -0.456 e. The van der Waals surface area contributed by atoms with Crippen LogP contribution in [0.2, 0.25) is 0 Å². The number of hydrogen-bond acceptors (Lipinski definition) is 2. The van der Waals surface area contributed by atoms with Gasteiger partial charge in [-0.2, -0.15) is 0 Å². The molecule has 0 radical (unpaired) electrons. The summed E-state index contributed by atoms with van der Waals surface area (Å²) in [6.07, 6.45) is 0. The first kappa shape index (κ1) is 30.1. The van der Waals surface area contributed by atoms with Crippen LogP contribution in [-0.4, -0.2) is 4.57 Å². The second-order valence-electron chi connectivity index (χ2n) is 15.3. The zero-order valence-electron chi connectivity index (χ0n) is 29.9. The second-order valence-corrected chi connectivity index (χ2v) is 16.3. The van der Waals surface area contributed by atoms with E-state index in [1.165, 1.54) is 92.2 Å². The molecule has 0 saturated carbocycles. The van der Waals surface area contributed by atoms with Crippen molar-refractivity contribution in [2.75, 3.05) is 0 Å². The zero-order valence-corrected chi connectivity index (χ0v) is 30.7. The third-order valence-corrected chi connectivity index (χ3v) is 13.2. The lowest BCUT2D eigenvalue weighted by molar-refractivity contribution is 0.660. The first-order chi connectivity index (χ1) is 26.5. The van der Waals surface area contributed by atoms with Crippen LogP contribution in [0.15, 0.2) is 168 Å². The molecule has 0 spiro atoms. The topological polar surface area (TPSA) is 18.1 Å². The van der Waals surface area contributed by atoms with Gasteiger partial charge in [0.1, 0.15) is 11.2 Å². The molecular weight excluding hydrogens is 675 g/mol. The van der Waals surface area contributed by atoms with E-state index in [1.807, 2.05) is 23.5 Å². The first-order valence-corrected chi connectivity index (χ1v) is 19.5. The van der Waals surface area contributed by atoms with Crippen molar-refractivity contribution in [1.82, 2.24) is 4.57 Å². The Hall–Kier alpha value is -6.42. The fraction of sp³-hybridized carbons (Fsp3) is 0.0588. The van der Waals surface area contributed by atoms with E-state index in [0.717, 1.165) is 21.9 Å². The molecule has 0 amide bonds. The number of para-hydroxylation sites is 1. The third kappa shape index (κ3) is 4.10. The summed E-state index contributed by atoms with van der Waals surface area (Å²) in [6.45, 7) is 4.79. The van der Waals surface area contributed by atoms with Gasteiger partial charge in [0.2, 0.25) is 0 Å². The third-order valence-electron chi connectivity index (χ3n) is 12.0. The molecule has 0 saturated heterocycles. The maximum absolute atomic E-state index is 6.18. The molecule has 11 aromatic rings. The summed E-state index contributed by atoms with van der Waals surface area (Å²) in [5.41, 5.74) is 15.7. The Bertz CT molecular complexity index is 3360. The second kappa shape index (κ2) is 10.8. The standard InChI is InChI=1S/C51H33NOS/c1-51(2)42-22-21-37-36-13-7-9-15-48(36)54-50(37)49(42)38-20-19-34(29-43(38)51)52-44-23-16-31(30-10-4-3-5-11-30)26-39(44)40-27-32(17-24-45(40)52)33-18-25-47-41(28-33)35-12-6-8-14-46(35)53-47/h3-29H,1-2H3. The largest absolute Gasteiger partial charge is 0.456 e. The van der Waals surface area contributed by atoms with E-state index in [-0.39, 0.29) is 5.41 Å². The predicted molar refractivity (Wildman–Crippen MR) is 229 cm³/mol. The van der Waals surface area contributed by atoms with Crippen molar-refractivity contribution in [2.24, 2.45) is 0 Å². The van der Waals surface area contributed by atoms with Crippen molar-refractivity contribution >= 4 is 75.3 Å². The van der Waals surface area contributed by atoms with Crippen LogP contribution in [0.1, 0.15) is 25.0 Å². The van der Waals surface area contributed by atoms with Crippen molar-refractivity contribution < 1.29 is 4.42 Å². The zero-order chi connectivity index (χ0) is 35.7. The van der Waals surface area contributed by atoms with Gasteiger partial charge in [-0.15, -0.1) is 11.3 Å². The van der Waals surface area contributed by atoms with Crippen molar-refractivity contribution in [3.8, 4) is 39.1 Å². The molecule has 3 heteroatoms. The molecule has 3 heterocycles. The number of thiophene rings is 1. The average Bonchev–Trinajstić information content (AvgIpc) is 3.94. The maximum atomic E-state index is 6.18. The van der Waals surface area contributed by atoms with Crippen molar-refractivity contribution in [1.29, 1.82) is 0 Å². The molecule has 1 aliphatic rings. The highest BCUT2D eigenvalue weighted by atomic mass is 32.1. The molecule has 8 aromatic carbocycles. The van der Waals surface area contributed by atoms with Crippen LogP contribution in [0.3, 0.4) is 0 Å². The molecule has 0 unspecified atom stereocenters. The van der Waals surface area contributed by atoms with Gasteiger partial charge in [0.15, 0.2) is 0 Å². The van der Waals surface area contributed by atoms with Crippen LogP contribution >= 0.6 is 11.3 Å². The summed E-state index contributed by atoms with van der Waals surface area (Å²) < 4.78 is 11.4. The monoisotopic (exact) mass is 707 g/mol. The fourth-order valence-electron chi connectivity index (χ4n) is 9.33. The molecule has 254 valence electrons. The number of aromatic nitrogens is 1. The Balaban J connectivity index is 1.08. The van der Waals surface area contributed by atoms with Crippen molar-refractivity contribution in [3.63, 3.8) is 0 Å². The van der Waals surface area contributed by atoms with Gasteiger partial charge in [-0.05, 0) is 99.6 Å². The summed E-state index contributed by atoms with van der Waals surface area (Å²) in [4.78, 5) is 0. The van der Waals surface area contributed by atoms with Gasteiger partial charge in [0.05, 0.1) is 11.0 Å². The Labute approximate surface area is 316 Å². The van der Waals surface area contributed by atoms with Gasteiger partial charge in [0.25, 0.3) is 0 Å². The summed E-state index contributed by atoms with van der Waals surface area (Å²) in [5, 5.41) is 7.49. The SMILES string of the molecule is CC1(C)c2cc(-n3c4ccc(-c5ccccc5)cc4c4cc(-c5ccc6oc7ccccc7c6c5)ccc43)ccc2-c2c1ccc1c2sc2ccccc21. The van der Waals surface area contributed by atoms with Crippen molar-refractivity contribution in [2.45, 2.75) is 19.3 Å². The van der Waals surface area contributed by atoms with Crippen LogP contribution in [-0.2, 0) is 5.41 Å². The number of rotatable bonds is 3. The number of benzene rings is 8. The van der Waals surface area contributed by atoms with Crippen LogP contribution < -0.4 is 0 Å². The molecule has 0 atom stereocenters. The normalized spacial score (nSPS) is 13.5. The predicted octanol–water partition coefficient (Wildman–Crippen LogP) is 14.7. The summed E-state index contributed by atoms with van der Waals surface area (Å²) >= 11 is 1.93.